The highest BCUT2D eigenvalue weighted by Crippen LogP contribution is 2.23. The van der Waals surface area contributed by atoms with Crippen LogP contribution in [0.5, 0.6) is 0 Å². The second kappa shape index (κ2) is 8.46. The van der Waals surface area contributed by atoms with Gasteiger partial charge < -0.3 is 10.1 Å². The van der Waals surface area contributed by atoms with E-state index in [9.17, 15) is 14.0 Å². The molecule has 124 valence electrons. The molecule has 2 atom stereocenters. The summed E-state index contributed by atoms with van der Waals surface area (Å²) in [5, 5.41) is 2.92. The summed E-state index contributed by atoms with van der Waals surface area (Å²) in [6, 6.07) is 5.89. The van der Waals surface area contributed by atoms with E-state index in [4.69, 9.17) is 4.74 Å². The molecule has 5 heteroatoms. The number of carbonyl (C=O) groups excluding carboxylic acids is 2. The van der Waals surface area contributed by atoms with Crippen molar-refractivity contribution in [2.75, 3.05) is 6.61 Å². The van der Waals surface area contributed by atoms with E-state index in [1.165, 1.54) is 30.7 Å². The number of hydrogen-bond acceptors (Lipinski definition) is 3. The Bertz CT molecular complexity index is 568. The van der Waals surface area contributed by atoms with Crippen molar-refractivity contribution in [3.8, 4) is 0 Å². The maximum Gasteiger partial charge on any atom is 0.331 e. The van der Waals surface area contributed by atoms with Crippen LogP contribution in [0.1, 0.15) is 38.2 Å². The maximum atomic E-state index is 12.8. The zero-order chi connectivity index (χ0) is 16.7. The molecule has 0 unspecified atom stereocenters. The van der Waals surface area contributed by atoms with E-state index in [2.05, 4.69) is 12.2 Å². The molecule has 1 aliphatic carbocycles. The molecule has 1 fully saturated rings. The lowest BCUT2D eigenvalue weighted by molar-refractivity contribution is -0.144. The number of hydrogen-bond donors (Lipinski definition) is 1. The number of esters is 1. The Morgan fingerprint density at radius 1 is 1.26 bits per heavy atom. The topological polar surface area (TPSA) is 55.4 Å². The van der Waals surface area contributed by atoms with E-state index in [1.807, 2.05) is 0 Å². The van der Waals surface area contributed by atoms with E-state index in [0.29, 0.717) is 11.5 Å². The molecule has 0 spiro atoms. The number of halogens is 1. The molecule has 1 saturated carbocycles. The Labute approximate surface area is 135 Å². The second-order valence-electron chi connectivity index (χ2n) is 5.93. The van der Waals surface area contributed by atoms with Gasteiger partial charge in [0.25, 0.3) is 5.91 Å². The lowest BCUT2D eigenvalue weighted by Gasteiger charge is -2.29. The fraction of sp³-hybridized carbons (Fsp3) is 0.444. The third-order valence-electron chi connectivity index (χ3n) is 4.09. The molecule has 1 N–H and O–H groups in total. The molecule has 1 aromatic rings. The summed E-state index contributed by atoms with van der Waals surface area (Å²) in [6.07, 6.45) is 7.16. The van der Waals surface area contributed by atoms with Crippen LogP contribution in [0.2, 0.25) is 0 Å². The first-order valence-corrected chi connectivity index (χ1v) is 7.94. The Morgan fingerprint density at radius 3 is 2.65 bits per heavy atom. The van der Waals surface area contributed by atoms with Gasteiger partial charge in [-0.05, 0) is 42.5 Å². The van der Waals surface area contributed by atoms with Gasteiger partial charge in [-0.1, -0.05) is 31.9 Å². The van der Waals surface area contributed by atoms with Crippen molar-refractivity contribution in [1.29, 1.82) is 0 Å². The molecule has 0 radical (unpaired) electrons. The minimum absolute atomic E-state index is 0.171. The average Bonchev–Trinajstić information content (AvgIpc) is 2.54. The monoisotopic (exact) mass is 319 g/mol. The van der Waals surface area contributed by atoms with Gasteiger partial charge in [-0.15, -0.1) is 0 Å². The van der Waals surface area contributed by atoms with Crippen LogP contribution in [-0.4, -0.2) is 24.5 Å². The number of rotatable bonds is 5. The number of carbonyl (C=O) groups is 2. The number of amides is 1. The molecule has 0 bridgehead atoms. The molecule has 1 aromatic carbocycles. The minimum atomic E-state index is -0.596. The summed E-state index contributed by atoms with van der Waals surface area (Å²) in [5.74, 6) is -0.742. The Kier molecular flexibility index (Phi) is 6.32. The molecule has 0 aromatic heterocycles. The van der Waals surface area contributed by atoms with Gasteiger partial charge in [0.1, 0.15) is 5.82 Å². The van der Waals surface area contributed by atoms with Crippen LogP contribution >= 0.6 is 0 Å². The summed E-state index contributed by atoms with van der Waals surface area (Å²) in [5.41, 5.74) is 0.684. The number of nitrogens with one attached hydrogen (secondary N) is 1. The minimum Gasteiger partial charge on any atom is -0.452 e. The predicted octanol–water partition coefficient (Wildman–Crippen LogP) is 3.08. The zero-order valence-corrected chi connectivity index (χ0v) is 13.3. The van der Waals surface area contributed by atoms with Crippen molar-refractivity contribution in [2.24, 2.45) is 5.92 Å². The first-order valence-electron chi connectivity index (χ1n) is 7.94. The quantitative estimate of drug-likeness (QED) is 0.670. The van der Waals surface area contributed by atoms with Crippen LogP contribution in [0.25, 0.3) is 6.08 Å². The molecule has 23 heavy (non-hydrogen) atoms. The van der Waals surface area contributed by atoms with E-state index in [-0.39, 0.29) is 24.4 Å². The summed E-state index contributed by atoms with van der Waals surface area (Å²) >= 11 is 0. The van der Waals surface area contributed by atoms with Gasteiger partial charge in [-0.2, -0.15) is 0 Å². The van der Waals surface area contributed by atoms with Gasteiger partial charge >= 0.3 is 5.97 Å². The summed E-state index contributed by atoms with van der Waals surface area (Å²) in [4.78, 5) is 23.4. The van der Waals surface area contributed by atoms with Crippen LogP contribution in [-0.2, 0) is 14.3 Å². The molecule has 4 nitrogen and oxygen atoms in total. The second-order valence-corrected chi connectivity index (χ2v) is 5.93. The van der Waals surface area contributed by atoms with Gasteiger partial charge in [-0.3, -0.25) is 4.79 Å². The maximum absolute atomic E-state index is 12.8. The fourth-order valence-corrected chi connectivity index (χ4v) is 2.70. The molecule has 1 amide bonds. The molecule has 2 rings (SSSR count). The SMILES string of the molecule is C[C@H]1CCCC[C@H]1NC(=O)COC(=O)/C=C/c1ccc(F)cc1. The van der Waals surface area contributed by atoms with Gasteiger partial charge in [0.05, 0.1) is 0 Å². The molecule has 0 saturated heterocycles. The molecular formula is C18H22FNO3. The van der Waals surface area contributed by atoms with Crippen LogP contribution in [0.3, 0.4) is 0 Å². The average molecular weight is 319 g/mol. The highest BCUT2D eigenvalue weighted by atomic mass is 19.1. The molecule has 1 aliphatic rings. The summed E-state index contributed by atoms with van der Waals surface area (Å²) in [7, 11) is 0. The Morgan fingerprint density at radius 2 is 1.96 bits per heavy atom. The molecule has 0 aliphatic heterocycles. The molecule has 0 heterocycles. The van der Waals surface area contributed by atoms with Crippen LogP contribution in [0, 0.1) is 11.7 Å². The van der Waals surface area contributed by atoms with Gasteiger partial charge in [-0.25, -0.2) is 9.18 Å². The van der Waals surface area contributed by atoms with Crippen molar-refractivity contribution in [1.82, 2.24) is 5.32 Å². The molecular weight excluding hydrogens is 297 g/mol. The predicted molar refractivity (Wildman–Crippen MR) is 86.0 cm³/mol. The third-order valence-corrected chi connectivity index (χ3v) is 4.09. The lowest BCUT2D eigenvalue weighted by Crippen LogP contribution is -2.42. The lowest BCUT2D eigenvalue weighted by atomic mass is 9.86. The van der Waals surface area contributed by atoms with Crippen LogP contribution < -0.4 is 5.32 Å². The van der Waals surface area contributed by atoms with Crippen molar-refractivity contribution in [2.45, 2.75) is 38.6 Å². The number of ether oxygens (including phenoxy) is 1. The van der Waals surface area contributed by atoms with Gasteiger partial charge in [0, 0.05) is 12.1 Å². The standard InChI is InChI=1S/C18H22FNO3/c1-13-4-2-3-5-16(13)20-17(21)12-23-18(22)11-8-14-6-9-15(19)10-7-14/h6-11,13,16H,2-5,12H2,1H3,(H,20,21)/b11-8+/t13-,16+/m0/s1. The van der Waals surface area contributed by atoms with Crippen LogP contribution in [0.15, 0.2) is 30.3 Å². The van der Waals surface area contributed by atoms with E-state index in [1.54, 1.807) is 12.1 Å². The smallest absolute Gasteiger partial charge is 0.331 e. The van der Waals surface area contributed by atoms with Crippen molar-refractivity contribution < 1.29 is 18.7 Å². The van der Waals surface area contributed by atoms with Crippen LogP contribution in [0.4, 0.5) is 4.39 Å². The van der Waals surface area contributed by atoms with E-state index in [0.717, 1.165) is 19.3 Å². The highest BCUT2D eigenvalue weighted by Gasteiger charge is 2.22. The van der Waals surface area contributed by atoms with Crippen molar-refractivity contribution >= 4 is 18.0 Å². The zero-order valence-electron chi connectivity index (χ0n) is 13.3. The Balaban J connectivity index is 1.73. The normalized spacial score (nSPS) is 21.1. The highest BCUT2D eigenvalue weighted by molar-refractivity contribution is 5.89. The largest absolute Gasteiger partial charge is 0.452 e. The summed E-state index contributed by atoms with van der Waals surface area (Å²) in [6.45, 7) is 1.84. The van der Waals surface area contributed by atoms with E-state index < -0.39 is 5.97 Å². The first kappa shape index (κ1) is 17.2. The van der Waals surface area contributed by atoms with Gasteiger partial charge in [0.2, 0.25) is 0 Å². The third kappa shape index (κ3) is 5.85. The van der Waals surface area contributed by atoms with E-state index >= 15 is 0 Å². The van der Waals surface area contributed by atoms with Crippen molar-refractivity contribution in [3.63, 3.8) is 0 Å². The van der Waals surface area contributed by atoms with Gasteiger partial charge in [0.15, 0.2) is 6.61 Å². The van der Waals surface area contributed by atoms with Crippen molar-refractivity contribution in [3.05, 3.63) is 41.7 Å². The fourth-order valence-electron chi connectivity index (χ4n) is 2.70. The Hall–Kier alpha value is -2.17. The first-order chi connectivity index (χ1) is 11.0. The summed E-state index contributed by atoms with van der Waals surface area (Å²) < 4.78 is 17.7. The number of benzene rings is 1.